The first kappa shape index (κ1) is 10.9. The monoisotopic (exact) mass is 218 g/mol. The number of carbonyl (C=O) groups excluding carboxylic acids is 1. The van der Waals surface area contributed by atoms with Crippen LogP contribution in [0.2, 0.25) is 5.02 Å². The third-order valence-corrected chi connectivity index (χ3v) is 2.03. The van der Waals surface area contributed by atoms with Crippen molar-refractivity contribution in [2.24, 2.45) is 0 Å². The van der Waals surface area contributed by atoms with Gasteiger partial charge in [0.25, 0.3) is 0 Å². The zero-order chi connectivity index (χ0) is 10.7. The molecule has 0 saturated carbocycles. The van der Waals surface area contributed by atoms with Crippen molar-refractivity contribution in [1.29, 1.82) is 0 Å². The van der Waals surface area contributed by atoms with Crippen molar-refractivity contribution in [2.45, 2.75) is 6.10 Å². The van der Waals surface area contributed by atoms with Crippen molar-refractivity contribution < 1.29 is 19.0 Å². The number of rotatable bonds is 2. The van der Waals surface area contributed by atoms with Gasteiger partial charge in [-0.2, -0.15) is 0 Å². The smallest absolute Gasteiger partial charge is 0.339 e. The third-order valence-electron chi connectivity index (χ3n) is 1.70. The van der Waals surface area contributed by atoms with E-state index in [-0.39, 0.29) is 10.6 Å². The first-order chi connectivity index (χ1) is 6.57. The summed E-state index contributed by atoms with van der Waals surface area (Å²) in [4.78, 5) is 10.9. The van der Waals surface area contributed by atoms with Gasteiger partial charge >= 0.3 is 5.97 Å². The minimum atomic E-state index is -1.69. The number of esters is 1. The van der Waals surface area contributed by atoms with Crippen LogP contribution < -0.4 is 0 Å². The molecule has 1 aromatic carbocycles. The van der Waals surface area contributed by atoms with Gasteiger partial charge in [-0.3, -0.25) is 0 Å². The van der Waals surface area contributed by atoms with Gasteiger partial charge in [-0.15, -0.1) is 0 Å². The molecule has 0 amide bonds. The maximum absolute atomic E-state index is 13.1. The van der Waals surface area contributed by atoms with Gasteiger partial charge in [0.05, 0.1) is 7.11 Å². The molecule has 0 saturated heterocycles. The van der Waals surface area contributed by atoms with Crippen molar-refractivity contribution in [3.63, 3.8) is 0 Å². The van der Waals surface area contributed by atoms with Crippen LogP contribution in [0.4, 0.5) is 4.39 Å². The van der Waals surface area contributed by atoms with Crippen molar-refractivity contribution in [1.82, 2.24) is 0 Å². The Morgan fingerprint density at radius 2 is 2.29 bits per heavy atom. The van der Waals surface area contributed by atoms with E-state index in [9.17, 15) is 14.3 Å². The molecule has 0 spiro atoms. The molecule has 0 aliphatic rings. The van der Waals surface area contributed by atoms with E-state index >= 15 is 0 Å². The minimum Gasteiger partial charge on any atom is -0.467 e. The van der Waals surface area contributed by atoms with Crippen LogP contribution in [0, 0.1) is 5.82 Å². The van der Waals surface area contributed by atoms with E-state index in [1.54, 1.807) is 0 Å². The Morgan fingerprint density at radius 3 is 2.79 bits per heavy atom. The number of carbonyl (C=O) groups is 1. The maximum Gasteiger partial charge on any atom is 0.339 e. The van der Waals surface area contributed by atoms with Crippen molar-refractivity contribution >= 4 is 17.6 Å². The zero-order valence-electron chi connectivity index (χ0n) is 7.33. The first-order valence-corrected chi connectivity index (χ1v) is 4.15. The topological polar surface area (TPSA) is 46.5 Å². The van der Waals surface area contributed by atoms with Gasteiger partial charge in [0, 0.05) is 10.6 Å². The highest BCUT2D eigenvalue weighted by atomic mass is 35.5. The molecule has 0 heterocycles. The van der Waals surface area contributed by atoms with Gasteiger partial charge < -0.3 is 9.84 Å². The number of aliphatic hydroxyl groups is 1. The van der Waals surface area contributed by atoms with Crippen LogP contribution in [-0.4, -0.2) is 18.2 Å². The molecule has 3 nitrogen and oxygen atoms in total. The largest absolute Gasteiger partial charge is 0.467 e. The zero-order valence-corrected chi connectivity index (χ0v) is 8.08. The summed E-state index contributed by atoms with van der Waals surface area (Å²) in [5, 5.41) is 9.34. The lowest BCUT2D eigenvalue weighted by atomic mass is 10.1. The number of methoxy groups -OCH3 is 1. The molecule has 1 rings (SSSR count). The predicted molar refractivity (Wildman–Crippen MR) is 48.4 cm³/mol. The molecule has 0 aromatic heterocycles. The lowest BCUT2D eigenvalue weighted by Crippen LogP contribution is -2.15. The summed E-state index contributed by atoms with van der Waals surface area (Å²) in [6.45, 7) is 0. The highest BCUT2D eigenvalue weighted by Crippen LogP contribution is 2.26. The second kappa shape index (κ2) is 4.39. The van der Waals surface area contributed by atoms with Crippen molar-refractivity contribution in [3.8, 4) is 0 Å². The molecule has 0 aliphatic heterocycles. The molecular weight excluding hydrogens is 211 g/mol. The summed E-state index contributed by atoms with van der Waals surface area (Å²) in [7, 11) is 1.10. The van der Waals surface area contributed by atoms with Crippen LogP contribution in [0.25, 0.3) is 0 Å². The Labute approximate surface area is 85.1 Å². The van der Waals surface area contributed by atoms with Gasteiger partial charge in [0.15, 0.2) is 6.10 Å². The quantitative estimate of drug-likeness (QED) is 0.769. The lowest BCUT2D eigenvalue weighted by Gasteiger charge is -2.10. The van der Waals surface area contributed by atoms with Gasteiger partial charge in [-0.05, 0) is 12.1 Å². The Bertz CT molecular complexity index is 334. The molecule has 5 heteroatoms. The molecule has 0 radical (unpaired) electrons. The molecule has 0 unspecified atom stereocenters. The summed E-state index contributed by atoms with van der Waals surface area (Å²) in [6.07, 6.45) is -1.69. The molecule has 76 valence electrons. The van der Waals surface area contributed by atoms with E-state index < -0.39 is 17.9 Å². The highest BCUT2D eigenvalue weighted by molar-refractivity contribution is 6.31. The van der Waals surface area contributed by atoms with Crippen LogP contribution in [0.15, 0.2) is 18.2 Å². The molecule has 0 aliphatic carbocycles. The molecule has 1 N–H and O–H groups in total. The molecule has 1 aromatic rings. The Morgan fingerprint density at radius 1 is 1.64 bits per heavy atom. The summed E-state index contributed by atoms with van der Waals surface area (Å²) in [5.74, 6) is -1.69. The van der Waals surface area contributed by atoms with E-state index in [0.717, 1.165) is 13.2 Å². The third kappa shape index (κ3) is 2.02. The van der Waals surface area contributed by atoms with E-state index in [0.29, 0.717) is 0 Å². The van der Waals surface area contributed by atoms with E-state index in [2.05, 4.69) is 4.74 Å². The number of ether oxygens (including phenoxy) is 1. The fraction of sp³-hybridized carbons (Fsp3) is 0.222. The van der Waals surface area contributed by atoms with Crippen LogP contribution in [0.3, 0.4) is 0 Å². The fourth-order valence-electron chi connectivity index (χ4n) is 1.00. The van der Waals surface area contributed by atoms with Crippen LogP contribution in [0.5, 0.6) is 0 Å². The predicted octanol–water partition coefficient (Wildman–Crippen LogP) is 1.69. The van der Waals surface area contributed by atoms with E-state index in [1.807, 2.05) is 0 Å². The second-order valence-corrected chi connectivity index (χ2v) is 2.97. The van der Waals surface area contributed by atoms with Crippen LogP contribution in [0.1, 0.15) is 11.7 Å². The molecule has 14 heavy (non-hydrogen) atoms. The summed E-state index contributed by atoms with van der Waals surface area (Å²) in [6, 6.07) is 3.87. The van der Waals surface area contributed by atoms with Crippen molar-refractivity contribution in [3.05, 3.63) is 34.6 Å². The van der Waals surface area contributed by atoms with Gasteiger partial charge in [0.2, 0.25) is 0 Å². The normalized spacial score (nSPS) is 12.3. The van der Waals surface area contributed by atoms with Crippen molar-refractivity contribution in [2.75, 3.05) is 7.11 Å². The highest BCUT2D eigenvalue weighted by Gasteiger charge is 2.23. The minimum absolute atomic E-state index is 0.0112. The second-order valence-electron chi connectivity index (χ2n) is 2.56. The Balaban J connectivity index is 3.11. The maximum atomic E-state index is 13.1. The lowest BCUT2D eigenvalue weighted by molar-refractivity contribution is -0.150. The average molecular weight is 219 g/mol. The average Bonchev–Trinajstić information content (AvgIpc) is 2.16. The molecule has 0 fully saturated rings. The summed E-state index contributed by atoms with van der Waals surface area (Å²) in [5.41, 5.74) is -0.263. The number of aliphatic hydroxyl groups excluding tert-OH is 1. The number of halogens is 2. The number of benzene rings is 1. The standard InChI is InChI=1S/C9H8ClFO3/c1-14-9(13)8(12)7-5(10)3-2-4-6(7)11/h2-4,8,12H,1H3/t8-/m0/s1. The first-order valence-electron chi connectivity index (χ1n) is 3.77. The molecular formula is C9H8ClFO3. The van der Waals surface area contributed by atoms with Crippen LogP contribution >= 0.6 is 11.6 Å². The number of hydrogen-bond acceptors (Lipinski definition) is 3. The van der Waals surface area contributed by atoms with Gasteiger partial charge in [0.1, 0.15) is 5.82 Å². The van der Waals surface area contributed by atoms with E-state index in [1.165, 1.54) is 12.1 Å². The van der Waals surface area contributed by atoms with Gasteiger partial charge in [-0.25, -0.2) is 9.18 Å². The summed E-state index contributed by atoms with van der Waals surface area (Å²) >= 11 is 5.62. The summed E-state index contributed by atoms with van der Waals surface area (Å²) < 4.78 is 17.4. The molecule has 1 atom stereocenters. The van der Waals surface area contributed by atoms with Crippen LogP contribution in [-0.2, 0) is 9.53 Å². The fourth-order valence-corrected chi connectivity index (χ4v) is 1.27. The Kier molecular flexibility index (Phi) is 3.43. The number of hydrogen-bond donors (Lipinski definition) is 1. The van der Waals surface area contributed by atoms with Gasteiger partial charge in [-0.1, -0.05) is 17.7 Å². The molecule has 0 bridgehead atoms. The Hall–Kier alpha value is -1.13. The van der Waals surface area contributed by atoms with E-state index in [4.69, 9.17) is 11.6 Å². The SMILES string of the molecule is COC(=O)[C@@H](O)c1c(F)cccc1Cl.